The molecule has 0 aromatic rings. The van der Waals surface area contributed by atoms with Crippen LogP contribution in [0.3, 0.4) is 0 Å². The lowest BCUT2D eigenvalue weighted by Gasteiger charge is -2.01. The maximum Gasteiger partial charge on any atom is 0.267 e. The smallest absolute Gasteiger partial charge is 0.267 e. The van der Waals surface area contributed by atoms with Crippen molar-refractivity contribution < 1.29 is 13.9 Å². The highest BCUT2D eigenvalue weighted by atomic mass is 19.3. The van der Waals surface area contributed by atoms with Crippen LogP contribution in [0.2, 0.25) is 0 Å². The highest BCUT2D eigenvalue weighted by Gasteiger charge is 2.17. The summed E-state index contributed by atoms with van der Waals surface area (Å²) in [4.78, 5) is 0. The Bertz CT molecular complexity index is 40.2. The third-order valence-electron chi connectivity index (χ3n) is 0.278. The first-order valence-corrected chi connectivity index (χ1v) is 2.55. The summed E-state index contributed by atoms with van der Waals surface area (Å²) in [5, 5.41) is 7.65. The number of hydrogen-bond donors (Lipinski definition) is 1. The van der Waals surface area contributed by atoms with Gasteiger partial charge in [-0.25, -0.2) is 8.78 Å². The molecule has 52 valence electrons. The van der Waals surface area contributed by atoms with Gasteiger partial charge in [-0.3, -0.25) is 0 Å². The summed E-state index contributed by atoms with van der Waals surface area (Å²) < 4.78 is 22.4. The summed E-state index contributed by atoms with van der Waals surface area (Å²) >= 11 is 0. The van der Waals surface area contributed by atoms with E-state index in [0.717, 1.165) is 0 Å². The van der Waals surface area contributed by atoms with Crippen molar-refractivity contribution in [1.82, 2.24) is 0 Å². The number of rotatable bonds is 1. The zero-order chi connectivity index (χ0) is 7.21. The first-order valence-electron chi connectivity index (χ1n) is 2.55. The molecular weight excluding hydrogens is 114 g/mol. The van der Waals surface area contributed by atoms with E-state index in [1.807, 2.05) is 13.8 Å². The predicted octanol–water partition coefficient (Wildman–Crippen LogP) is 1.66. The summed E-state index contributed by atoms with van der Waals surface area (Å²) in [6.07, 6.45) is 0. The molecule has 0 fully saturated rings. The molecule has 0 aromatic heterocycles. The molecule has 0 spiro atoms. The standard InChI is InChI=1S/C3H6F2O.C2H6/c1-3(4,5)2-6;1-2/h6H,2H2,1H3;1-2H3. The summed E-state index contributed by atoms with van der Waals surface area (Å²) in [6, 6.07) is 0. The van der Waals surface area contributed by atoms with E-state index in [-0.39, 0.29) is 0 Å². The number of halogens is 2. The van der Waals surface area contributed by atoms with Crippen molar-refractivity contribution in [3.63, 3.8) is 0 Å². The largest absolute Gasteiger partial charge is 0.390 e. The molecule has 0 aliphatic rings. The molecule has 0 unspecified atom stereocenters. The molecular formula is C5H12F2O. The fraction of sp³-hybridized carbons (Fsp3) is 1.00. The molecule has 0 saturated heterocycles. The molecule has 0 rings (SSSR count). The van der Waals surface area contributed by atoms with E-state index in [9.17, 15) is 8.78 Å². The number of hydrogen-bond acceptors (Lipinski definition) is 1. The fourth-order valence-electron chi connectivity index (χ4n) is 0. The lowest BCUT2D eigenvalue weighted by Crippen LogP contribution is -2.14. The molecule has 8 heavy (non-hydrogen) atoms. The molecule has 0 aromatic carbocycles. The van der Waals surface area contributed by atoms with Crippen LogP contribution < -0.4 is 0 Å². The second kappa shape index (κ2) is 4.97. The first-order chi connectivity index (χ1) is 3.56. The van der Waals surface area contributed by atoms with Crippen molar-refractivity contribution in [2.24, 2.45) is 0 Å². The minimum absolute atomic E-state index is 0.660. The average Bonchev–Trinajstić information content (AvgIpc) is 1.71. The zero-order valence-corrected chi connectivity index (χ0v) is 5.41. The van der Waals surface area contributed by atoms with Gasteiger partial charge >= 0.3 is 0 Å². The Morgan fingerprint density at radius 2 is 1.50 bits per heavy atom. The summed E-state index contributed by atoms with van der Waals surface area (Å²) in [6.45, 7) is 3.60. The van der Waals surface area contributed by atoms with Gasteiger partial charge in [-0.1, -0.05) is 13.8 Å². The maximum atomic E-state index is 11.2. The normalized spacial score (nSPS) is 9.75. The monoisotopic (exact) mass is 126 g/mol. The van der Waals surface area contributed by atoms with Crippen molar-refractivity contribution in [3.8, 4) is 0 Å². The highest BCUT2D eigenvalue weighted by Crippen LogP contribution is 2.07. The van der Waals surface area contributed by atoms with Crippen LogP contribution in [-0.4, -0.2) is 17.6 Å². The van der Waals surface area contributed by atoms with Crippen LogP contribution in [0.15, 0.2) is 0 Å². The van der Waals surface area contributed by atoms with Gasteiger partial charge in [0.25, 0.3) is 5.92 Å². The van der Waals surface area contributed by atoms with Crippen molar-refractivity contribution in [3.05, 3.63) is 0 Å². The fourth-order valence-corrected chi connectivity index (χ4v) is 0. The van der Waals surface area contributed by atoms with Gasteiger partial charge in [-0.2, -0.15) is 0 Å². The van der Waals surface area contributed by atoms with Gasteiger partial charge in [0.05, 0.1) is 0 Å². The van der Waals surface area contributed by atoms with E-state index >= 15 is 0 Å². The minimum Gasteiger partial charge on any atom is -0.390 e. The van der Waals surface area contributed by atoms with E-state index in [0.29, 0.717) is 6.92 Å². The molecule has 3 heteroatoms. The van der Waals surface area contributed by atoms with E-state index < -0.39 is 12.5 Å². The van der Waals surface area contributed by atoms with Crippen molar-refractivity contribution in [2.75, 3.05) is 6.61 Å². The molecule has 0 saturated carbocycles. The molecule has 0 atom stereocenters. The Labute approximate surface area is 48.3 Å². The van der Waals surface area contributed by atoms with Crippen LogP contribution in [0, 0.1) is 0 Å². The molecule has 0 aliphatic heterocycles. The van der Waals surface area contributed by atoms with Gasteiger partial charge in [-0.15, -0.1) is 0 Å². The summed E-state index contributed by atoms with van der Waals surface area (Å²) in [7, 11) is 0. The molecule has 1 nitrogen and oxygen atoms in total. The predicted molar refractivity (Wildman–Crippen MR) is 29.1 cm³/mol. The van der Waals surface area contributed by atoms with E-state index in [2.05, 4.69) is 0 Å². The second-order valence-electron chi connectivity index (χ2n) is 1.23. The minimum atomic E-state index is -2.90. The molecule has 0 amide bonds. The van der Waals surface area contributed by atoms with Gasteiger partial charge in [0, 0.05) is 6.92 Å². The summed E-state index contributed by atoms with van der Waals surface area (Å²) in [5.74, 6) is -2.90. The highest BCUT2D eigenvalue weighted by molar-refractivity contribution is 4.50. The van der Waals surface area contributed by atoms with Crippen molar-refractivity contribution in [1.29, 1.82) is 0 Å². The van der Waals surface area contributed by atoms with Gasteiger partial charge in [-0.05, 0) is 0 Å². The Morgan fingerprint density at radius 1 is 1.38 bits per heavy atom. The van der Waals surface area contributed by atoms with Gasteiger partial charge in [0.15, 0.2) is 0 Å². The maximum absolute atomic E-state index is 11.2. The average molecular weight is 126 g/mol. The van der Waals surface area contributed by atoms with E-state index in [1.165, 1.54) is 0 Å². The van der Waals surface area contributed by atoms with Gasteiger partial charge < -0.3 is 5.11 Å². The van der Waals surface area contributed by atoms with Crippen LogP contribution in [-0.2, 0) is 0 Å². The van der Waals surface area contributed by atoms with Gasteiger partial charge in [0.1, 0.15) is 6.61 Å². The molecule has 0 radical (unpaired) electrons. The number of aliphatic hydroxyl groups is 1. The SMILES string of the molecule is CC.CC(F)(F)CO. The van der Waals surface area contributed by atoms with Crippen molar-refractivity contribution >= 4 is 0 Å². The third kappa shape index (κ3) is 17.0. The first kappa shape index (κ1) is 10.7. The molecule has 0 bridgehead atoms. The lowest BCUT2D eigenvalue weighted by molar-refractivity contribution is -0.0322. The second-order valence-corrected chi connectivity index (χ2v) is 1.23. The third-order valence-corrected chi connectivity index (χ3v) is 0.278. The zero-order valence-electron chi connectivity index (χ0n) is 5.41. The quantitative estimate of drug-likeness (QED) is 0.566. The Kier molecular flexibility index (Phi) is 6.67. The topological polar surface area (TPSA) is 20.2 Å². The Hall–Kier alpha value is -0.180. The summed E-state index contributed by atoms with van der Waals surface area (Å²) in [5.41, 5.74) is 0. The van der Waals surface area contributed by atoms with Gasteiger partial charge in [0.2, 0.25) is 0 Å². The van der Waals surface area contributed by atoms with Crippen LogP contribution in [0.4, 0.5) is 8.78 Å². The number of alkyl halides is 2. The molecule has 0 heterocycles. The molecule has 0 aliphatic carbocycles. The van der Waals surface area contributed by atoms with Crippen LogP contribution in [0.1, 0.15) is 20.8 Å². The van der Waals surface area contributed by atoms with Crippen molar-refractivity contribution in [2.45, 2.75) is 26.7 Å². The molecule has 1 N–H and O–H groups in total. The van der Waals surface area contributed by atoms with Crippen LogP contribution >= 0.6 is 0 Å². The Morgan fingerprint density at radius 3 is 1.50 bits per heavy atom. The van der Waals surface area contributed by atoms with E-state index in [4.69, 9.17) is 5.11 Å². The number of aliphatic hydroxyl groups excluding tert-OH is 1. The van der Waals surface area contributed by atoms with Crippen LogP contribution in [0.5, 0.6) is 0 Å². The lowest BCUT2D eigenvalue weighted by atomic mass is 10.4. The van der Waals surface area contributed by atoms with E-state index in [1.54, 1.807) is 0 Å². The Balaban J connectivity index is 0. The van der Waals surface area contributed by atoms with Crippen LogP contribution in [0.25, 0.3) is 0 Å².